The first-order chi connectivity index (χ1) is 9.13. The van der Waals surface area contributed by atoms with Crippen molar-refractivity contribution in [3.05, 3.63) is 0 Å². The van der Waals surface area contributed by atoms with Gasteiger partial charge in [0.05, 0.1) is 13.1 Å². The summed E-state index contributed by atoms with van der Waals surface area (Å²) in [5, 5.41) is 52.3. The fourth-order valence-corrected chi connectivity index (χ4v) is 1.34. The highest BCUT2D eigenvalue weighted by Crippen LogP contribution is 2.02. The molecule has 0 heterocycles. The number of carbonyl (C=O) groups is 3. The van der Waals surface area contributed by atoms with Crippen molar-refractivity contribution < 1.29 is 45.0 Å². The van der Waals surface area contributed by atoms with Gasteiger partial charge in [-0.15, -0.1) is 0 Å². The maximum atomic E-state index is 11.9. The van der Waals surface area contributed by atoms with Crippen LogP contribution in [0, 0.1) is 0 Å². The van der Waals surface area contributed by atoms with Gasteiger partial charge in [-0.2, -0.15) is 0 Å². The second-order valence-corrected chi connectivity index (χ2v) is 3.79. The summed E-state index contributed by atoms with van der Waals surface area (Å²) in [5.74, 6) is -2.96. The molecule has 0 fully saturated rings. The van der Waals surface area contributed by atoms with Crippen molar-refractivity contribution in [3.8, 4) is 0 Å². The van der Waals surface area contributed by atoms with Gasteiger partial charge in [-0.1, -0.05) is 0 Å². The first-order valence-corrected chi connectivity index (χ1v) is 5.33. The molecule has 0 unspecified atom stereocenters. The van der Waals surface area contributed by atoms with E-state index < -0.39 is 56.7 Å². The number of nitrogens with zero attached hydrogens (tertiary/aromatic N) is 2. The molecule has 0 radical (unpaired) electrons. The number of aliphatic hydroxyl groups excluding tert-OH is 2. The molecule has 0 aromatic rings. The van der Waals surface area contributed by atoms with E-state index in [2.05, 4.69) is 0 Å². The summed E-state index contributed by atoms with van der Waals surface area (Å²) in [4.78, 5) is 33.9. The number of hydrogen-bond acceptors (Lipinski definition) is 7. The van der Waals surface area contributed by atoms with Crippen LogP contribution >= 0.6 is 0 Å². The van der Waals surface area contributed by atoms with E-state index in [1.165, 1.54) is 0 Å². The Morgan fingerprint density at radius 3 is 1.35 bits per heavy atom. The van der Waals surface area contributed by atoms with Gasteiger partial charge in [0, 0.05) is 0 Å². The number of aliphatic hydroxyl groups is 4. The van der Waals surface area contributed by atoms with E-state index in [1.54, 1.807) is 0 Å². The van der Waals surface area contributed by atoms with Crippen molar-refractivity contribution >= 4 is 18.0 Å². The number of carboxylic acid groups (broad SMARTS) is 2. The SMILES string of the molecule is O=C(O)CN(CC(=O)O)C(=O)N(CC(O)O)CC(O)O. The minimum atomic E-state index is -2.01. The smallest absolute Gasteiger partial charge is 0.323 e. The third-order valence-corrected chi connectivity index (χ3v) is 1.96. The predicted molar refractivity (Wildman–Crippen MR) is 60.3 cm³/mol. The molecule has 0 aliphatic carbocycles. The number of hydrogen-bond donors (Lipinski definition) is 6. The molecule has 20 heavy (non-hydrogen) atoms. The normalized spacial score (nSPS) is 10.7. The number of aliphatic carboxylic acids is 2. The summed E-state index contributed by atoms with van der Waals surface area (Å²) >= 11 is 0. The van der Waals surface area contributed by atoms with Crippen LogP contribution in [0.25, 0.3) is 0 Å². The molecule has 0 saturated heterocycles. The Kier molecular flexibility index (Phi) is 7.46. The molecule has 0 saturated carbocycles. The molecule has 116 valence electrons. The quantitative estimate of drug-likeness (QED) is 0.248. The van der Waals surface area contributed by atoms with Crippen LogP contribution in [0.5, 0.6) is 0 Å². The van der Waals surface area contributed by atoms with Crippen LogP contribution in [0.2, 0.25) is 0 Å². The Balaban J connectivity index is 5.00. The minimum absolute atomic E-state index is 0.398. The van der Waals surface area contributed by atoms with E-state index in [0.29, 0.717) is 9.80 Å². The Bertz CT molecular complexity index is 331. The van der Waals surface area contributed by atoms with Crippen LogP contribution in [0.3, 0.4) is 0 Å². The first-order valence-electron chi connectivity index (χ1n) is 5.33. The third kappa shape index (κ3) is 7.48. The molecule has 0 bridgehead atoms. The highest BCUT2D eigenvalue weighted by atomic mass is 16.5. The second-order valence-electron chi connectivity index (χ2n) is 3.79. The first kappa shape index (κ1) is 18.0. The summed E-state index contributed by atoms with van der Waals surface area (Å²) in [6.45, 7) is -3.37. The van der Waals surface area contributed by atoms with E-state index in [0.717, 1.165) is 0 Å². The number of carboxylic acids is 2. The fraction of sp³-hybridized carbons (Fsp3) is 0.667. The van der Waals surface area contributed by atoms with Crippen molar-refractivity contribution in [3.63, 3.8) is 0 Å². The van der Waals surface area contributed by atoms with Crippen LogP contribution in [0.1, 0.15) is 0 Å². The van der Waals surface area contributed by atoms with Crippen molar-refractivity contribution in [2.75, 3.05) is 26.2 Å². The Morgan fingerprint density at radius 1 is 0.750 bits per heavy atom. The highest BCUT2D eigenvalue weighted by molar-refractivity contribution is 5.84. The predicted octanol–water partition coefficient (Wildman–Crippen LogP) is -3.50. The van der Waals surface area contributed by atoms with Gasteiger partial charge < -0.3 is 40.4 Å². The Morgan fingerprint density at radius 2 is 1.10 bits per heavy atom. The minimum Gasteiger partial charge on any atom is -0.480 e. The lowest BCUT2D eigenvalue weighted by molar-refractivity contribution is -0.141. The zero-order valence-corrected chi connectivity index (χ0v) is 10.3. The van der Waals surface area contributed by atoms with Gasteiger partial charge in [-0.25, -0.2) is 4.79 Å². The van der Waals surface area contributed by atoms with E-state index in [-0.39, 0.29) is 0 Å². The van der Waals surface area contributed by atoms with Crippen molar-refractivity contribution in [1.82, 2.24) is 9.80 Å². The lowest BCUT2D eigenvalue weighted by Gasteiger charge is -2.29. The van der Waals surface area contributed by atoms with E-state index in [9.17, 15) is 14.4 Å². The van der Waals surface area contributed by atoms with Crippen LogP contribution in [-0.4, -0.2) is 97.2 Å². The van der Waals surface area contributed by atoms with Crippen molar-refractivity contribution in [2.24, 2.45) is 0 Å². The summed E-state index contributed by atoms with van der Waals surface area (Å²) < 4.78 is 0. The van der Waals surface area contributed by atoms with Crippen molar-refractivity contribution in [1.29, 1.82) is 0 Å². The molecular weight excluding hydrogens is 280 g/mol. The molecular formula is C9H16N2O9. The van der Waals surface area contributed by atoms with E-state index in [1.807, 2.05) is 0 Å². The molecule has 0 aromatic carbocycles. The van der Waals surface area contributed by atoms with Gasteiger partial charge in [0.25, 0.3) is 0 Å². The monoisotopic (exact) mass is 296 g/mol. The van der Waals surface area contributed by atoms with Crippen LogP contribution < -0.4 is 0 Å². The van der Waals surface area contributed by atoms with E-state index >= 15 is 0 Å². The lowest BCUT2D eigenvalue weighted by atomic mass is 10.4. The number of rotatable bonds is 8. The number of urea groups is 1. The Labute approximate surface area is 112 Å². The summed E-state index contributed by atoms with van der Waals surface area (Å²) in [7, 11) is 0. The summed E-state index contributed by atoms with van der Waals surface area (Å²) in [5.41, 5.74) is 0. The molecule has 0 aromatic heterocycles. The molecule has 0 atom stereocenters. The molecule has 0 spiro atoms. The van der Waals surface area contributed by atoms with Gasteiger partial charge >= 0.3 is 18.0 Å². The zero-order valence-electron chi connectivity index (χ0n) is 10.3. The van der Waals surface area contributed by atoms with Crippen LogP contribution in [0.4, 0.5) is 4.79 Å². The second kappa shape index (κ2) is 8.27. The molecule has 2 amide bonds. The largest absolute Gasteiger partial charge is 0.480 e. The maximum absolute atomic E-state index is 11.9. The maximum Gasteiger partial charge on any atom is 0.323 e. The third-order valence-electron chi connectivity index (χ3n) is 1.96. The average Bonchev–Trinajstić information content (AvgIpc) is 2.23. The molecule has 6 N–H and O–H groups in total. The fourth-order valence-electron chi connectivity index (χ4n) is 1.34. The molecule has 11 heteroatoms. The standard InChI is InChI=1S/C9H16N2O9/c12-5(13)1-10(2-6(14)15)9(20)11(3-7(16)17)4-8(18)19/h5-6,12-15H,1-4H2,(H,16,17)(H,18,19). The van der Waals surface area contributed by atoms with Crippen molar-refractivity contribution in [2.45, 2.75) is 12.6 Å². The molecule has 0 rings (SSSR count). The van der Waals surface area contributed by atoms with Gasteiger partial charge in [-0.05, 0) is 0 Å². The van der Waals surface area contributed by atoms with Gasteiger partial charge in [0.1, 0.15) is 13.1 Å². The molecule has 0 aliphatic heterocycles. The highest BCUT2D eigenvalue weighted by Gasteiger charge is 2.27. The van der Waals surface area contributed by atoms with Gasteiger partial charge in [0.2, 0.25) is 0 Å². The summed E-state index contributed by atoms with van der Waals surface area (Å²) in [6.07, 6.45) is -4.01. The number of amides is 2. The topological polar surface area (TPSA) is 179 Å². The Hall–Kier alpha value is -1.95. The summed E-state index contributed by atoms with van der Waals surface area (Å²) in [6, 6.07) is -1.18. The molecule has 11 nitrogen and oxygen atoms in total. The number of carbonyl (C=O) groups excluding carboxylic acids is 1. The van der Waals surface area contributed by atoms with Crippen LogP contribution in [-0.2, 0) is 9.59 Å². The molecule has 0 aliphatic rings. The van der Waals surface area contributed by atoms with Gasteiger partial charge in [0.15, 0.2) is 12.6 Å². The van der Waals surface area contributed by atoms with Gasteiger partial charge in [-0.3, -0.25) is 9.59 Å². The average molecular weight is 296 g/mol. The zero-order chi connectivity index (χ0) is 15.9. The van der Waals surface area contributed by atoms with Crippen LogP contribution in [0.15, 0.2) is 0 Å². The lowest BCUT2D eigenvalue weighted by Crippen LogP contribution is -2.51. The van der Waals surface area contributed by atoms with E-state index in [4.69, 9.17) is 30.6 Å².